The fourth-order valence-corrected chi connectivity index (χ4v) is 3.01. The van der Waals surface area contributed by atoms with Gasteiger partial charge in [-0.05, 0) is 38.5 Å². The number of hydrogen-bond acceptors (Lipinski definition) is 5. The quantitative estimate of drug-likeness (QED) is 0.286. The summed E-state index contributed by atoms with van der Waals surface area (Å²) >= 11 is 0. The topological polar surface area (TPSA) is 116 Å². The zero-order valence-electron chi connectivity index (χ0n) is 15.6. The number of rotatable bonds is 8. The summed E-state index contributed by atoms with van der Waals surface area (Å²) in [4.78, 5) is 61.3. The Labute approximate surface area is 158 Å². The van der Waals surface area contributed by atoms with E-state index in [1.165, 1.54) is 5.57 Å². The van der Waals surface area contributed by atoms with Crippen LogP contribution >= 0.6 is 0 Å². The Kier molecular flexibility index (Phi) is 7.51. The van der Waals surface area contributed by atoms with Gasteiger partial charge in [0.05, 0.1) is 0 Å². The van der Waals surface area contributed by atoms with E-state index in [9.17, 15) is 24.0 Å². The standard InChI is InChI=1S/C18H26N4O5/c1-2-3-10-19-17(26)20-14(23)12-22-16(25)15(24)21(18(22)27)11-9-13-7-5-4-6-8-13/h7H,2-6,8-12H2,1H3,(H2,19,20,23,26). The van der Waals surface area contributed by atoms with Gasteiger partial charge in [0, 0.05) is 13.1 Å². The van der Waals surface area contributed by atoms with Crippen LogP contribution in [0.1, 0.15) is 51.9 Å². The SMILES string of the molecule is CCCCNC(=O)NC(=O)CN1C(=O)C(=O)N(CCC2=CCCCC2)C1=O. The van der Waals surface area contributed by atoms with Gasteiger partial charge in [-0.1, -0.05) is 25.0 Å². The Hall–Kier alpha value is -2.71. The first kappa shape index (κ1) is 20.6. The summed E-state index contributed by atoms with van der Waals surface area (Å²) < 4.78 is 0. The lowest BCUT2D eigenvalue weighted by Crippen LogP contribution is -2.46. The van der Waals surface area contributed by atoms with Crippen molar-refractivity contribution in [3.63, 3.8) is 0 Å². The van der Waals surface area contributed by atoms with Gasteiger partial charge in [0.1, 0.15) is 6.54 Å². The van der Waals surface area contributed by atoms with Gasteiger partial charge in [-0.15, -0.1) is 0 Å². The molecule has 1 heterocycles. The molecule has 9 nitrogen and oxygen atoms in total. The molecule has 7 amide bonds. The van der Waals surface area contributed by atoms with E-state index in [1.807, 2.05) is 12.2 Å². The summed E-state index contributed by atoms with van der Waals surface area (Å²) in [6.07, 6.45) is 8.44. The molecule has 148 valence electrons. The van der Waals surface area contributed by atoms with E-state index in [1.54, 1.807) is 0 Å². The molecule has 2 rings (SSSR count). The highest BCUT2D eigenvalue weighted by atomic mass is 16.2. The fourth-order valence-electron chi connectivity index (χ4n) is 3.01. The zero-order valence-corrected chi connectivity index (χ0v) is 15.6. The Morgan fingerprint density at radius 1 is 1.11 bits per heavy atom. The molecule has 0 aromatic rings. The van der Waals surface area contributed by atoms with Crippen LogP contribution in [0.25, 0.3) is 0 Å². The zero-order chi connectivity index (χ0) is 19.8. The van der Waals surface area contributed by atoms with E-state index >= 15 is 0 Å². The summed E-state index contributed by atoms with van der Waals surface area (Å²) in [5.74, 6) is -2.80. The molecule has 1 aliphatic carbocycles. The van der Waals surface area contributed by atoms with E-state index < -0.39 is 36.3 Å². The molecule has 0 unspecified atom stereocenters. The van der Waals surface area contributed by atoms with Crippen LogP contribution in [0.15, 0.2) is 11.6 Å². The normalized spacial score (nSPS) is 17.2. The number of urea groups is 2. The number of unbranched alkanes of at least 4 members (excludes halogenated alkanes) is 1. The maximum Gasteiger partial charge on any atom is 0.334 e. The molecule has 1 saturated heterocycles. The first-order valence-corrected chi connectivity index (χ1v) is 9.37. The maximum absolute atomic E-state index is 12.3. The molecule has 0 atom stereocenters. The van der Waals surface area contributed by atoms with Crippen molar-refractivity contribution >= 4 is 29.8 Å². The molecule has 1 fully saturated rings. The van der Waals surface area contributed by atoms with Crippen molar-refractivity contribution in [3.05, 3.63) is 11.6 Å². The number of allylic oxidation sites excluding steroid dienone is 1. The van der Waals surface area contributed by atoms with Crippen LogP contribution in [-0.2, 0) is 14.4 Å². The number of nitrogens with zero attached hydrogens (tertiary/aromatic N) is 2. The first-order chi connectivity index (χ1) is 12.9. The number of carbonyl (C=O) groups excluding carboxylic acids is 5. The van der Waals surface area contributed by atoms with E-state index in [-0.39, 0.29) is 6.54 Å². The van der Waals surface area contributed by atoms with Gasteiger partial charge in [0.25, 0.3) is 0 Å². The molecule has 27 heavy (non-hydrogen) atoms. The minimum atomic E-state index is -1.04. The van der Waals surface area contributed by atoms with Crippen LogP contribution in [0.5, 0.6) is 0 Å². The van der Waals surface area contributed by atoms with Crippen molar-refractivity contribution in [2.24, 2.45) is 0 Å². The molecular formula is C18H26N4O5. The van der Waals surface area contributed by atoms with Gasteiger partial charge in [0.2, 0.25) is 5.91 Å². The second-order valence-electron chi connectivity index (χ2n) is 6.65. The van der Waals surface area contributed by atoms with E-state index in [0.717, 1.165) is 43.4 Å². The summed E-state index contributed by atoms with van der Waals surface area (Å²) in [6, 6.07) is -1.51. The number of hydrogen-bond donors (Lipinski definition) is 2. The lowest BCUT2D eigenvalue weighted by molar-refractivity contribution is -0.143. The van der Waals surface area contributed by atoms with Gasteiger partial charge in [-0.2, -0.15) is 0 Å². The van der Waals surface area contributed by atoms with Gasteiger partial charge in [-0.25, -0.2) is 14.5 Å². The van der Waals surface area contributed by atoms with Gasteiger partial charge < -0.3 is 5.32 Å². The second-order valence-corrected chi connectivity index (χ2v) is 6.65. The van der Waals surface area contributed by atoms with Gasteiger partial charge in [-0.3, -0.25) is 24.6 Å². The fraction of sp³-hybridized carbons (Fsp3) is 0.611. The van der Waals surface area contributed by atoms with Crippen LogP contribution in [0, 0.1) is 0 Å². The summed E-state index contributed by atoms with van der Waals surface area (Å²) in [7, 11) is 0. The highest BCUT2D eigenvalue weighted by Gasteiger charge is 2.45. The lowest BCUT2D eigenvalue weighted by Gasteiger charge is -2.17. The largest absolute Gasteiger partial charge is 0.338 e. The minimum absolute atomic E-state index is 0.116. The monoisotopic (exact) mass is 378 g/mol. The third-order valence-electron chi connectivity index (χ3n) is 4.55. The van der Waals surface area contributed by atoms with Crippen LogP contribution in [0.2, 0.25) is 0 Å². The number of nitrogens with one attached hydrogen (secondary N) is 2. The Balaban J connectivity index is 1.86. The number of amides is 7. The van der Waals surface area contributed by atoms with Crippen molar-refractivity contribution in [2.75, 3.05) is 19.6 Å². The minimum Gasteiger partial charge on any atom is -0.338 e. The molecule has 1 aliphatic heterocycles. The second kappa shape index (κ2) is 9.84. The highest BCUT2D eigenvalue weighted by Crippen LogP contribution is 2.21. The van der Waals surface area contributed by atoms with Crippen molar-refractivity contribution < 1.29 is 24.0 Å². The molecule has 0 saturated carbocycles. The van der Waals surface area contributed by atoms with E-state index in [0.29, 0.717) is 17.9 Å². The average Bonchev–Trinajstić information content (AvgIpc) is 2.84. The predicted octanol–water partition coefficient (Wildman–Crippen LogP) is 1.29. The maximum atomic E-state index is 12.3. The molecule has 0 bridgehead atoms. The van der Waals surface area contributed by atoms with Crippen molar-refractivity contribution in [2.45, 2.75) is 51.9 Å². The van der Waals surface area contributed by atoms with Crippen LogP contribution in [-0.4, -0.2) is 59.2 Å². The van der Waals surface area contributed by atoms with Crippen LogP contribution < -0.4 is 10.6 Å². The number of imide groups is 3. The van der Waals surface area contributed by atoms with Crippen molar-refractivity contribution in [1.29, 1.82) is 0 Å². The third kappa shape index (κ3) is 5.63. The van der Waals surface area contributed by atoms with E-state index in [2.05, 4.69) is 11.4 Å². The summed E-state index contributed by atoms with van der Waals surface area (Å²) in [6.45, 7) is 1.83. The molecule has 0 aromatic heterocycles. The average molecular weight is 378 g/mol. The van der Waals surface area contributed by atoms with Crippen LogP contribution in [0.3, 0.4) is 0 Å². The van der Waals surface area contributed by atoms with E-state index in [4.69, 9.17) is 0 Å². The molecular weight excluding hydrogens is 352 g/mol. The Morgan fingerprint density at radius 3 is 2.52 bits per heavy atom. The van der Waals surface area contributed by atoms with Crippen molar-refractivity contribution in [3.8, 4) is 0 Å². The Morgan fingerprint density at radius 2 is 1.85 bits per heavy atom. The molecule has 0 radical (unpaired) electrons. The third-order valence-corrected chi connectivity index (χ3v) is 4.55. The van der Waals surface area contributed by atoms with Crippen molar-refractivity contribution in [1.82, 2.24) is 20.4 Å². The molecule has 0 aromatic carbocycles. The lowest BCUT2D eigenvalue weighted by atomic mass is 9.97. The Bertz CT molecular complexity index is 658. The molecule has 2 aliphatic rings. The molecule has 2 N–H and O–H groups in total. The molecule has 0 spiro atoms. The van der Waals surface area contributed by atoms with Crippen LogP contribution in [0.4, 0.5) is 9.59 Å². The van der Waals surface area contributed by atoms with Gasteiger partial charge >= 0.3 is 23.9 Å². The first-order valence-electron chi connectivity index (χ1n) is 9.37. The highest BCUT2D eigenvalue weighted by molar-refractivity contribution is 6.45. The number of carbonyl (C=O) groups is 5. The summed E-state index contributed by atoms with van der Waals surface area (Å²) in [5, 5.41) is 4.54. The smallest absolute Gasteiger partial charge is 0.334 e. The van der Waals surface area contributed by atoms with Gasteiger partial charge in [0.15, 0.2) is 0 Å². The molecule has 9 heteroatoms. The summed E-state index contributed by atoms with van der Waals surface area (Å²) in [5.41, 5.74) is 1.18. The predicted molar refractivity (Wildman–Crippen MR) is 96.4 cm³/mol.